The maximum atomic E-state index is 12.4. The smallest absolute Gasteiger partial charge is 0.249 e. The molecule has 0 atom stereocenters. The van der Waals surface area contributed by atoms with E-state index in [1.54, 1.807) is 0 Å². The number of rotatable bonds is 6. The van der Waals surface area contributed by atoms with Crippen LogP contribution in [0.2, 0.25) is 0 Å². The van der Waals surface area contributed by atoms with E-state index < -0.39 is 5.91 Å². The predicted molar refractivity (Wildman–Crippen MR) is 141 cm³/mol. The van der Waals surface area contributed by atoms with Crippen LogP contribution in [-0.4, -0.2) is 37.0 Å². The zero-order chi connectivity index (χ0) is 22.6. The molecular weight excluding hydrogens is 446 g/mol. The number of hydrogen-bond acceptors (Lipinski definition) is 4. The second-order valence-electron chi connectivity index (χ2n) is 8.39. The van der Waals surface area contributed by atoms with Crippen molar-refractivity contribution in [2.24, 2.45) is 5.73 Å². The summed E-state index contributed by atoms with van der Waals surface area (Å²) in [6.45, 7) is 5.08. The lowest BCUT2D eigenvalue weighted by atomic mass is 9.95. The van der Waals surface area contributed by atoms with Crippen molar-refractivity contribution in [1.82, 2.24) is 10.2 Å². The molecule has 5 nitrogen and oxygen atoms in total. The van der Waals surface area contributed by atoms with Crippen molar-refractivity contribution < 1.29 is 9.21 Å². The van der Waals surface area contributed by atoms with E-state index in [2.05, 4.69) is 28.4 Å². The van der Waals surface area contributed by atoms with E-state index in [4.69, 9.17) is 10.2 Å². The Morgan fingerprint density at radius 2 is 1.71 bits per heavy atom. The summed E-state index contributed by atoms with van der Waals surface area (Å²) in [6.07, 6.45) is 1.83. The summed E-state index contributed by atoms with van der Waals surface area (Å²) in [7, 11) is 0. The number of carbonyl (C=O) groups excluding carboxylic acids is 1. The van der Waals surface area contributed by atoms with Crippen molar-refractivity contribution in [2.75, 3.05) is 26.2 Å². The van der Waals surface area contributed by atoms with Gasteiger partial charge in [0.2, 0.25) is 5.91 Å². The van der Waals surface area contributed by atoms with E-state index >= 15 is 0 Å². The van der Waals surface area contributed by atoms with Crippen LogP contribution in [0.5, 0.6) is 0 Å². The zero-order valence-corrected chi connectivity index (χ0v) is 19.7. The summed E-state index contributed by atoms with van der Waals surface area (Å²) in [5.74, 6) is 0.251. The Morgan fingerprint density at radius 1 is 0.971 bits per heavy atom. The van der Waals surface area contributed by atoms with E-state index in [0.29, 0.717) is 5.57 Å². The van der Waals surface area contributed by atoms with Gasteiger partial charge in [-0.1, -0.05) is 66.7 Å². The second-order valence-corrected chi connectivity index (χ2v) is 8.39. The Morgan fingerprint density at radius 3 is 2.47 bits per heavy atom. The van der Waals surface area contributed by atoms with Gasteiger partial charge in [0, 0.05) is 49.2 Å². The van der Waals surface area contributed by atoms with Gasteiger partial charge >= 0.3 is 0 Å². The number of benzene rings is 3. The quantitative estimate of drug-likeness (QED) is 0.307. The molecule has 6 heteroatoms. The molecule has 174 valence electrons. The number of nitrogens with two attached hydrogens (primary N) is 1. The highest BCUT2D eigenvalue weighted by molar-refractivity contribution is 6.25. The van der Waals surface area contributed by atoms with Gasteiger partial charge in [-0.25, -0.2) is 0 Å². The fraction of sp³-hybridized carbons (Fsp3) is 0.179. The number of halogens is 1. The Bertz CT molecular complexity index is 1310. The van der Waals surface area contributed by atoms with Crippen LogP contribution in [0.1, 0.15) is 16.7 Å². The Balaban J connectivity index is 0.00000274. The summed E-state index contributed by atoms with van der Waals surface area (Å²) in [5, 5.41) is 4.43. The predicted octanol–water partition coefficient (Wildman–Crippen LogP) is 4.95. The van der Waals surface area contributed by atoms with Crippen LogP contribution >= 0.6 is 12.4 Å². The Labute approximate surface area is 205 Å². The third kappa shape index (κ3) is 5.23. The highest BCUT2D eigenvalue weighted by Crippen LogP contribution is 2.34. The minimum atomic E-state index is -0.472. The molecule has 1 aromatic heterocycles. The molecule has 3 aromatic carbocycles. The lowest BCUT2D eigenvalue weighted by Crippen LogP contribution is -2.42. The Kier molecular flexibility index (Phi) is 7.48. The van der Waals surface area contributed by atoms with Crippen molar-refractivity contribution in [3.63, 3.8) is 0 Å². The number of nitrogens with zero attached hydrogens (tertiary/aromatic N) is 1. The van der Waals surface area contributed by atoms with Gasteiger partial charge in [-0.15, -0.1) is 12.4 Å². The summed E-state index contributed by atoms with van der Waals surface area (Å²) in [5.41, 5.74) is 10.9. The van der Waals surface area contributed by atoms with Gasteiger partial charge in [-0.05, 0) is 34.9 Å². The van der Waals surface area contributed by atoms with E-state index in [1.807, 2.05) is 66.7 Å². The van der Waals surface area contributed by atoms with Gasteiger partial charge in [0.1, 0.15) is 11.3 Å². The van der Waals surface area contributed by atoms with Gasteiger partial charge in [0.15, 0.2) is 0 Å². The minimum absolute atomic E-state index is 0. The van der Waals surface area contributed by atoms with Crippen LogP contribution in [0.25, 0.3) is 33.9 Å². The summed E-state index contributed by atoms with van der Waals surface area (Å²) in [4.78, 5) is 14.9. The molecule has 0 spiro atoms. The average molecular weight is 474 g/mol. The fourth-order valence-electron chi connectivity index (χ4n) is 4.36. The van der Waals surface area contributed by atoms with Crippen LogP contribution in [0.3, 0.4) is 0 Å². The normalized spacial score (nSPS) is 14.6. The molecule has 2 heterocycles. The molecule has 1 saturated heterocycles. The molecular formula is C28H28ClN3O2. The van der Waals surface area contributed by atoms with Crippen LogP contribution < -0.4 is 11.1 Å². The molecule has 4 aromatic rings. The molecule has 3 N–H and O–H groups in total. The maximum Gasteiger partial charge on any atom is 0.249 e. The zero-order valence-electron chi connectivity index (χ0n) is 18.9. The molecule has 5 rings (SSSR count). The summed E-state index contributed by atoms with van der Waals surface area (Å²) in [6, 6.07) is 25.9. The van der Waals surface area contributed by atoms with E-state index in [0.717, 1.165) is 66.1 Å². The van der Waals surface area contributed by atoms with Crippen molar-refractivity contribution in [2.45, 2.75) is 6.54 Å². The number of hydrogen-bond donors (Lipinski definition) is 2. The summed E-state index contributed by atoms with van der Waals surface area (Å²) < 4.78 is 6.29. The first-order valence-corrected chi connectivity index (χ1v) is 11.3. The van der Waals surface area contributed by atoms with Crippen LogP contribution in [0, 0.1) is 0 Å². The van der Waals surface area contributed by atoms with Gasteiger partial charge in [-0.3, -0.25) is 9.69 Å². The topological polar surface area (TPSA) is 71.5 Å². The van der Waals surface area contributed by atoms with Crippen LogP contribution in [0.4, 0.5) is 0 Å². The van der Waals surface area contributed by atoms with Gasteiger partial charge in [0.05, 0.1) is 0 Å². The standard InChI is InChI=1S/C28H27N3O2.ClH/c29-28(32)25(16-20-6-2-1-3-7-20)23-8-4-5-9-24(23)27-18-22-11-10-21(17-26(22)33-27)19-31-14-12-30-13-15-31;/h1-11,16-18,30H,12-15,19H2,(H2,29,32);1H. The van der Waals surface area contributed by atoms with Gasteiger partial charge < -0.3 is 15.5 Å². The van der Waals surface area contributed by atoms with Crippen LogP contribution in [-0.2, 0) is 11.3 Å². The monoisotopic (exact) mass is 473 g/mol. The average Bonchev–Trinajstić information content (AvgIpc) is 3.27. The maximum absolute atomic E-state index is 12.4. The number of furan rings is 1. The molecule has 1 aliphatic rings. The molecule has 0 radical (unpaired) electrons. The van der Waals surface area contributed by atoms with Crippen LogP contribution in [0.15, 0.2) is 83.3 Å². The first-order valence-electron chi connectivity index (χ1n) is 11.3. The van der Waals surface area contributed by atoms with E-state index in [-0.39, 0.29) is 12.4 Å². The fourth-order valence-corrected chi connectivity index (χ4v) is 4.36. The van der Waals surface area contributed by atoms with Gasteiger partial charge in [0.25, 0.3) is 0 Å². The van der Waals surface area contributed by atoms with Crippen molar-refractivity contribution in [3.8, 4) is 11.3 Å². The molecule has 0 unspecified atom stereocenters. The van der Waals surface area contributed by atoms with Crippen molar-refractivity contribution in [3.05, 3.63) is 95.6 Å². The molecule has 1 aliphatic heterocycles. The minimum Gasteiger partial charge on any atom is -0.456 e. The summed E-state index contributed by atoms with van der Waals surface area (Å²) >= 11 is 0. The highest BCUT2D eigenvalue weighted by Gasteiger charge is 2.17. The number of nitrogens with one attached hydrogen (secondary N) is 1. The number of amides is 1. The molecule has 0 saturated carbocycles. The molecule has 1 amide bonds. The SMILES string of the molecule is Cl.NC(=O)C(=Cc1ccccc1)c1ccccc1-c1cc2ccc(CN3CCNCC3)cc2o1. The van der Waals surface area contributed by atoms with Crippen molar-refractivity contribution >= 4 is 40.9 Å². The lowest BCUT2D eigenvalue weighted by molar-refractivity contribution is -0.112. The molecule has 0 bridgehead atoms. The third-order valence-corrected chi connectivity index (χ3v) is 6.06. The largest absolute Gasteiger partial charge is 0.456 e. The number of carbonyl (C=O) groups is 1. The van der Waals surface area contributed by atoms with Gasteiger partial charge in [-0.2, -0.15) is 0 Å². The Hall–Kier alpha value is -3.38. The first-order chi connectivity index (χ1) is 16.2. The number of piperazine rings is 1. The third-order valence-electron chi connectivity index (χ3n) is 6.06. The van der Waals surface area contributed by atoms with Crippen molar-refractivity contribution in [1.29, 1.82) is 0 Å². The van der Waals surface area contributed by atoms with E-state index in [1.165, 1.54) is 5.56 Å². The molecule has 1 fully saturated rings. The van der Waals surface area contributed by atoms with E-state index in [9.17, 15) is 4.79 Å². The highest BCUT2D eigenvalue weighted by atomic mass is 35.5. The molecule has 34 heavy (non-hydrogen) atoms. The first kappa shape index (κ1) is 23.8. The molecule has 0 aliphatic carbocycles. The lowest BCUT2D eigenvalue weighted by Gasteiger charge is -2.27. The number of primary amides is 1. The number of fused-ring (bicyclic) bond motifs is 1. The second kappa shape index (κ2) is 10.7.